The van der Waals surface area contributed by atoms with Gasteiger partial charge in [0.25, 0.3) is 5.91 Å². The summed E-state index contributed by atoms with van der Waals surface area (Å²) in [5.74, 6) is -0.764. The van der Waals surface area contributed by atoms with E-state index in [0.29, 0.717) is 10.0 Å². The molecule has 0 unspecified atom stereocenters. The highest BCUT2D eigenvalue weighted by Crippen LogP contribution is 2.18. The average molecular weight is 327 g/mol. The second kappa shape index (κ2) is 6.41. The third-order valence-corrected chi connectivity index (χ3v) is 3.99. The van der Waals surface area contributed by atoms with Crippen LogP contribution in [0.2, 0.25) is 0 Å². The third kappa shape index (κ3) is 3.61. The van der Waals surface area contributed by atoms with Crippen LogP contribution in [0.4, 0.5) is 5.13 Å². The van der Waals surface area contributed by atoms with Crippen molar-refractivity contribution in [1.29, 1.82) is 0 Å². The second-order valence-electron chi connectivity index (χ2n) is 4.74. The van der Waals surface area contributed by atoms with Crippen molar-refractivity contribution in [3.8, 4) is 5.69 Å². The van der Waals surface area contributed by atoms with Gasteiger partial charge in [-0.25, -0.2) is 9.67 Å². The molecule has 3 rings (SSSR count). The molecule has 0 fully saturated rings. The fourth-order valence-corrected chi connectivity index (χ4v) is 2.67. The van der Waals surface area contributed by atoms with Gasteiger partial charge in [0, 0.05) is 12.4 Å². The number of amides is 2. The van der Waals surface area contributed by atoms with Gasteiger partial charge >= 0.3 is 0 Å². The number of hydrogen-bond acceptors (Lipinski definition) is 5. The quantitative estimate of drug-likeness (QED) is 0.743. The molecule has 8 heteroatoms. The Balaban J connectivity index is 1.62. The van der Waals surface area contributed by atoms with E-state index in [4.69, 9.17) is 5.73 Å². The van der Waals surface area contributed by atoms with E-state index in [1.165, 1.54) is 6.20 Å². The first-order valence-corrected chi connectivity index (χ1v) is 7.58. The van der Waals surface area contributed by atoms with Crippen LogP contribution in [-0.2, 0) is 11.2 Å². The van der Waals surface area contributed by atoms with Crippen LogP contribution in [0.3, 0.4) is 0 Å². The van der Waals surface area contributed by atoms with Crippen molar-refractivity contribution in [2.24, 2.45) is 5.73 Å². The molecule has 23 heavy (non-hydrogen) atoms. The molecular weight excluding hydrogens is 314 g/mol. The number of rotatable bonds is 5. The molecule has 116 valence electrons. The topological polar surface area (TPSA) is 103 Å². The molecule has 0 radical (unpaired) electrons. The summed E-state index contributed by atoms with van der Waals surface area (Å²) in [6.45, 7) is 0. The first kappa shape index (κ1) is 14.9. The van der Waals surface area contributed by atoms with Gasteiger partial charge in [0.2, 0.25) is 5.91 Å². The van der Waals surface area contributed by atoms with Crippen LogP contribution in [-0.4, -0.2) is 26.6 Å². The zero-order valence-corrected chi connectivity index (χ0v) is 12.8. The molecule has 0 aliphatic carbocycles. The van der Waals surface area contributed by atoms with Gasteiger partial charge in [-0.1, -0.05) is 23.5 Å². The third-order valence-electron chi connectivity index (χ3n) is 3.06. The van der Waals surface area contributed by atoms with Crippen LogP contribution in [0.25, 0.3) is 5.69 Å². The fraction of sp³-hybridized carbons (Fsp3) is 0.0667. The van der Waals surface area contributed by atoms with E-state index in [9.17, 15) is 9.59 Å². The largest absolute Gasteiger partial charge is 0.365 e. The number of thiazole rings is 1. The predicted molar refractivity (Wildman–Crippen MR) is 86.5 cm³/mol. The minimum absolute atomic E-state index is 0.206. The Morgan fingerprint density at radius 2 is 2.04 bits per heavy atom. The normalized spacial score (nSPS) is 10.4. The van der Waals surface area contributed by atoms with Crippen molar-refractivity contribution in [3.63, 3.8) is 0 Å². The Morgan fingerprint density at radius 3 is 2.65 bits per heavy atom. The number of aromatic nitrogens is 3. The highest BCUT2D eigenvalue weighted by Gasteiger charge is 2.10. The maximum absolute atomic E-state index is 12.0. The average Bonchev–Trinajstić information content (AvgIpc) is 3.19. The zero-order valence-electron chi connectivity index (χ0n) is 12.0. The standard InChI is InChI=1S/C15H13N5O2S/c16-14(22)12-9-17-15(23-12)19-13(21)8-10-2-4-11(5-3-10)20-7-1-6-18-20/h1-7,9H,8H2,(H2,16,22)(H,17,19,21). The summed E-state index contributed by atoms with van der Waals surface area (Å²) in [6, 6.07) is 9.37. The lowest BCUT2D eigenvalue weighted by atomic mass is 10.1. The smallest absolute Gasteiger partial charge is 0.260 e. The minimum atomic E-state index is -0.558. The number of primary amides is 1. The second-order valence-corrected chi connectivity index (χ2v) is 5.77. The van der Waals surface area contributed by atoms with Gasteiger partial charge in [0.1, 0.15) is 4.88 Å². The summed E-state index contributed by atoms with van der Waals surface area (Å²) < 4.78 is 1.74. The monoisotopic (exact) mass is 327 g/mol. The van der Waals surface area contributed by atoms with E-state index in [0.717, 1.165) is 22.6 Å². The Kier molecular flexibility index (Phi) is 4.15. The minimum Gasteiger partial charge on any atom is -0.365 e. The highest BCUT2D eigenvalue weighted by atomic mass is 32.1. The van der Waals surface area contributed by atoms with E-state index in [-0.39, 0.29) is 12.3 Å². The van der Waals surface area contributed by atoms with Gasteiger partial charge in [-0.05, 0) is 23.8 Å². The Labute approximate surface area is 135 Å². The molecule has 3 N–H and O–H groups in total. The van der Waals surface area contributed by atoms with Crippen molar-refractivity contribution in [1.82, 2.24) is 14.8 Å². The number of anilines is 1. The number of carbonyl (C=O) groups excluding carboxylic acids is 2. The lowest BCUT2D eigenvalue weighted by Crippen LogP contribution is -2.14. The van der Waals surface area contributed by atoms with Gasteiger partial charge in [-0.3, -0.25) is 9.59 Å². The first-order valence-electron chi connectivity index (χ1n) is 6.76. The summed E-state index contributed by atoms with van der Waals surface area (Å²) in [5, 5.41) is 7.15. The summed E-state index contributed by atoms with van der Waals surface area (Å²) in [4.78, 5) is 27.2. The van der Waals surface area contributed by atoms with Crippen LogP contribution < -0.4 is 11.1 Å². The van der Waals surface area contributed by atoms with Crippen LogP contribution in [0.1, 0.15) is 15.2 Å². The molecule has 3 aromatic rings. The maximum atomic E-state index is 12.0. The zero-order chi connectivity index (χ0) is 16.2. The number of benzene rings is 1. The van der Waals surface area contributed by atoms with Crippen molar-refractivity contribution in [2.75, 3.05) is 5.32 Å². The molecular formula is C15H13N5O2S. The number of nitrogens with two attached hydrogens (primary N) is 1. The summed E-state index contributed by atoms with van der Waals surface area (Å²) in [7, 11) is 0. The molecule has 0 bridgehead atoms. The van der Waals surface area contributed by atoms with E-state index in [2.05, 4.69) is 15.4 Å². The lowest BCUT2D eigenvalue weighted by molar-refractivity contribution is -0.115. The first-order chi connectivity index (χ1) is 11.1. The SMILES string of the molecule is NC(=O)c1cnc(NC(=O)Cc2ccc(-n3cccn3)cc2)s1. The van der Waals surface area contributed by atoms with Gasteiger partial charge in [0.15, 0.2) is 5.13 Å². The highest BCUT2D eigenvalue weighted by molar-refractivity contribution is 7.17. The number of hydrogen-bond donors (Lipinski definition) is 2. The maximum Gasteiger partial charge on any atom is 0.260 e. The summed E-state index contributed by atoms with van der Waals surface area (Å²) in [6.07, 6.45) is 5.11. The summed E-state index contributed by atoms with van der Waals surface area (Å²) >= 11 is 1.05. The molecule has 7 nitrogen and oxygen atoms in total. The molecule has 0 aliphatic heterocycles. The molecule has 2 aromatic heterocycles. The van der Waals surface area contributed by atoms with Crippen molar-refractivity contribution < 1.29 is 9.59 Å². The number of carbonyl (C=O) groups is 2. The van der Waals surface area contributed by atoms with E-state index >= 15 is 0 Å². The van der Waals surface area contributed by atoms with Gasteiger partial charge in [-0.15, -0.1) is 0 Å². The molecule has 1 aromatic carbocycles. The fourth-order valence-electron chi connectivity index (χ4n) is 1.98. The Hall–Kier alpha value is -3.00. The van der Waals surface area contributed by atoms with E-state index < -0.39 is 5.91 Å². The molecule has 2 heterocycles. The van der Waals surface area contributed by atoms with Crippen LogP contribution >= 0.6 is 11.3 Å². The van der Waals surface area contributed by atoms with Crippen LogP contribution in [0.15, 0.2) is 48.9 Å². The number of nitrogens with one attached hydrogen (secondary N) is 1. The summed E-state index contributed by atoms with van der Waals surface area (Å²) in [5.41, 5.74) is 6.93. The Bertz CT molecular complexity index is 824. The van der Waals surface area contributed by atoms with Crippen molar-refractivity contribution >= 4 is 28.3 Å². The van der Waals surface area contributed by atoms with Gasteiger partial charge in [0.05, 0.1) is 18.3 Å². The lowest BCUT2D eigenvalue weighted by Gasteiger charge is -2.04. The molecule has 2 amide bonds. The molecule has 0 saturated carbocycles. The molecule has 0 saturated heterocycles. The Morgan fingerprint density at radius 1 is 1.26 bits per heavy atom. The van der Waals surface area contributed by atoms with Crippen molar-refractivity contribution in [2.45, 2.75) is 6.42 Å². The van der Waals surface area contributed by atoms with E-state index in [1.807, 2.05) is 36.5 Å². The van der Waals surface area contributed by atoms with E-state index in [1.54, 1.807) is 10.9 Å². The number of nitrogens with zero attached hydrogens (tertiary/aromatic N) is 3. The van der Waals surface area contributed by atoms with Gasteiger partial charge < -0.3 is 11.1 Å². The van der Waals surface area contributed by atoms with Crippen LogP contribution in [0.5, 0.6) is 0 Å². The van der Waals surface area contributed by atoms with Gasteiger partial charge in [-0.2, -0.15) is 5.10 Å². The molecule has 0 spiro atoms. The van der Waals surface area contributed by atoms with Crippen molar-refractivity contribution in [3.05, 3.63) is 59.4 Å². The van der Waals surface area contributed by atoms with Crippen LogP contribution in [0, 0.1) is 0 Å². The molecule has 0 atom stereocenters. The predicted octanol–water partition coefficient (Wildman–Crippen LogP) is 1.61. The molecule has 0 aliphatic rings.